The lowest BCUT2D eigenvalue weighted by Gasteiger charge is -2.10. The van der Waals surface area contributed by atoms with Crippen molar-refractivity contribution in [1.29, 1.82) is 0 Å². The van der Waals surface area contributed by atoms with E-state index in [1.165, 1.54) is 6.07 Å². The van der Waals surface area contributed by atoms with E-state index in [1.54, 1.807) is 0 Å². The number of H-pyrrole nitrogens is 1. The van der Waals surface area contributed by atoms with Crippen LogP contribution in [0.15, 0.2) is 35.1 Å². The summed E-state index contributed by atoms with van der Waals surface area (Å²) in [6.45, 7) is 0. The number of hydrogen-bond acceptors (Lipinski definition) is 4. The largest absolute Gasteiger partial charge is 0.493 e. The number of aromatic hydroxyl groups is 1. The Morgan fingerprint density at radius 1 is 1.23 bits per heavy atom. The molecule has 0 spiro atoms. The summed E-state index contributed by atoms with van der Waals surface area (Å²) in [5.41, 5.74) is -1.73. The van der Waals surface area contributed by atoms with Crippen molar-refractivity contribution in [1.82, 2.24) is 9.97 Å². The van der Waals surface area contributed by atoms with Crippen molar-refractivity contribution < 1.29 is 23.1 Å². The number of urea groups is 1. The molecule has 1 aromatic heterocycles. The molecule has 0 unspecified atom stereocenters. The van der Waals surface area contributed by atoms with Gasteiger partial charge in [-0.2, -0.15) is 18.2 Å². The van der Waals surface area contributed by atoms with E-state index in [9.17, 15) is 22.8 Å². The predicted octanol–water partition coefficient (Wildman–Crippen LogP) is 2.14. The number of alkyl halides is 3. The number of rotatable bonds is 2. The zero-order chi connectivity index (χ0) is 16.3. The van der Waals surface area contributed by atoms with Crippen molar-refractivity contribution in [2.24, 2.45) is 0 Å². The molecule has 116 valence electrons. The smallest absolute Gasteiger partial charge is 0.416 e. The summed E-state index contributed by atoms with van der Waals surface area (Å²) in [5.74, 6) is -0.965. The molecule has 2 rings (SSSR count). The number of halogens is 3. The van der Waals surface area contributed by atoms with Gasteiger partial charge in [0.2, 0.25) is 11.8 Å². The first kappa shape index (κ1) is 15.4. The fourth-order valence-electron chi connectivity index (χ4n) is 1.55. The van der Waals surface area contributed by atoms with Crippen LogP contribution >= 0.6 is 0 Å². The first-order chi connectivity index (χ1) is 10.2. The maximum Gasteiger partial charge on any atom is 0.416 e. The summed E-state index contributed by atoms with van der Waals surface area (Å²) in [5, 5.41) is 13.3. The van der Waals surface area contributed by atoms with Gasteiger partial charge in [0, 0.05) is 5.69 Å². The number of hydrogen-bond donors (Lipinski definition) is 4. The van der Waals surface area contributed by atoms with Crippen LogP contribution in [-0.4, -0.2) is 21.1 Å². The van der Waals surface area contributed by atoms with E-state index in [2.05, 4.69) is 20.6 Å². The van der Waals surface area contributed by atoms with E-state index in [0.717, 1.165) is 24.3 Å². The van der Waals surface area contributed by atoms with Gasteiger partial charge in [-0.3, -0.25) is 15.1 Å². The van der Waals surface area contributed by atoms with Crippen LogP contribution in [0.5, 0.6) is 5.88 Å². The van der Waals surface area contributed by atoms with Gasteiger partial charge in [0.1, 0.15) is 0 Å². The second kappa shape index (κ2) is 5.76. The average molecular weight is 314 g/mol. The molecule has 22 heavy (non-hydrogen) atoms. The highest BCUT2D eigenvalue weighted by molar-refractivity contribution is 5.98. The summed E-state index contributed by atoms with van der Waals surface area (Å²) in [4.78, 5) is 28.2. The molecule has 1 aromatic carbocycles. The number of aromatic nitrogens is 2. The van der Waals surface area contributed by atoms with Crippen molar-refractivity contribution >= 4 is 17.7 Å². The molecular weight excluding hydrogens is 305 g/mol. The number of nitrogens with zero attached hydrogens (tertiary/aromatic N) is 1. The number of carbonyl (C=O) groups is 1. The molecule has 0 aliphatic heterocycles. The van der Waals surface area contributed by atoms with E-state index >= 15 is 0 Å². The van der Waals surface area contributed by atoms with Gasteiger partial charge in [-0.15, -0.1) is 0 Å². The highest BCUT2D eigenvalue weighted by Crippen LogP contribution is 2.30. The van der Waals surface area contributed by atoms with E-state index in [0.29, 0.717) is 0 Å². The van der Waals surface area contributed by atoms with Gasteiger partial charge in [0.15, 0.2) is 0 Å². The van der Waals surface area contributed by atoms with Gasteiger partial charge in [0.05, 0.1) is 11.6 Å². The Kier molecular flexibility index (Phi) is 4.02. The average Bonchev–Trinajstić information content (AvgIpc) is 2.36. The lowest BCUT2D eigenvalue weighted by atomic mass is 10.2. The minimum Gasteiger partial charge on any atom is -0.493 e. The number of benzene rings is 1. The molecule has 0 aliphatic rings. The number of aromatic amines is 1. The molecule has 4 N–H and O–H groups in total. The van der Waals surface area contributed by atoms with Crippen LogP contribution in [0.4, 0.5) is 29.6 Å². The highest BCUT2D eigenvalue weighted by Gasteiger charge is 2.30. The van der Waals surface area contributed by atoms with E-state index in [4.69, 9.17) is 5.11 Å². The molecule has 2 amide bonds. The molecule has 0 fully saturated rings. The fourth-order valence-corrected chi connectivity index (χ4v) is 1.55. The predicted molar refractivity (Wildman–Crippen MR) is 70.6 cm³/mol. The van der Waals surface area contributed by atoms with E-state index < -0.39 is 29.2 Å². The minimum absolute atomic E-state index is 0.102. The summed E-state index contributed by atoms with van der Waals surface area (Å²) < 4.78 is 37.6. The number of anilines is 2. The molecule has 0 saturated carbocycles. The van der Waals surface area contributed by atoms with E-state index in [1.807, 2.05) is 0 Å². The SMILES string of the molecule is O=C(Nc1cccc(C(F)(F)F)c1)Nc1nc(O)cc(=O)[nH]1. The van der Waals surface area contributed by atoms with Crippen molar-refractivity contribution in [3.05, 3.63) is 46.2 Å². The molecule has 0 atom stereocenters. The maximum atomic E-state index is 12.5. The summed E-state index contributed by atoms with van der Waals surface area (Å²) >= 11 is 0. The number of nitrogens with one attached hydrogen (secondary N) is 3. The Morgan fingerprint density at radius 2 is 1.95 bits per heavy atom. The third-order valence-electron chi connectivity index (χ3n) is 2.41. The third kappa shape index (κ3) is 3.98. The van der Waals surface area contributed by atoms with Crippen molar-refractivity contribution in [2.45, 2.75) is 6.18 Å². The Balaban J connectivity index is 2.11. The number of amides is 2. The Labute approximate surface area is 120 Å². The van der Waals surface area contributed by atoms with Gasteiger partial charge in [-0.25, -0.2) is 4.79 Å². The minimum atomic E-state index is -4.54. The lowest BCUT2D eigenvalue weighted by molar-refractivity contribution is -0.137. The monoisotopic (exact) mass is 314 g/mol. The molecule has 2 aromatic rings. The van der Waals surface area contributed by atoms with Gasteiger partial charge in [-0.1, -0.05) is 6.07 Å². The van der Waals surface area contributed by atoms with Crippen LogP contribution in [0, 0.1) is 0 Å². The van der Waals surface area contributed by atoms with Crippen molar-refractivity contribution in [3.63, 3.8) is 0 Å². The highest BCUT2D eigenvalue weighted by atomic mass is 19.4. The van der Waals surface area contributed by atoms with Gasteiger partial charge < -0.3 is 10.4 Å². The molecule has 10 heteroatoms. The normalized spacial score (nSPS) is 11.0. The topological polar surface area (TPSA) is 107 Å². The Bertz CT molecular complexity index is 758. The van der Waals surface area contributed by atoms with Crippen molar-refractivity contribution in [2.75, 3.05) is 10.6 Å². The second-order valence-electron chi connectivity index (χ2n) is 4.11. The van der Waals surface area contributed by atoms with Crippen LogP contribution < -0.4 is 16.2 Å². The molecule has 1 heterocycles. The second-order valence-corrected chi connectivity index (χ2v) is 4.11. The van der Waals surface area contributed by atoms with Gasteiger partial charge in [0.25, 0.3) is 5.56 Å². The van der Waals surface area contributed by atoms with Crippen LogP contribution in [0.1, 0.15) is 5.56 Å². The van der Waals surface area contributed by atoms with E-state index in [-0.39, 0.29) is 11.6 Å². The Hall–Kier alpha value is -3.04. The molecule has 7 nitrogen and oxygen atoms in total. The zero-order valence-electron chi connectivity index (χ0n) is 10.7. The molecular formula is C12H9F3N4O3. The number of carbonyl (C=O) groups excluding carboxylic acids is 1. The quantitative estimate of drug-likeness (QED) is 0.681. The first-order valence-electron chi connectivity index (χ1n) is 5.79. The summed E-state index contributed by atoms with van der Waals surface area (Å²) in [6.07, 6.45) is -4.54. The molecule has 0 bridgehead atoms. The van der Waals surface area contributed by atoms with Gasteiger partial charge >= 0.3 is 12.2 Å². The van der Waals surface area contributed by atoms with Crippen LogP contribution in [-0.2, 0) is 6.18 Å². The summed E-state index contributed by atoms with van der Waals surface area (Å²) in [7, 11) is 0. The maximum absolute atomic E-state index is 12.5. The van der Waals surface area contributed by atoms with Crippen LogP contribution in [0.3, 0.4) is 0 Å². The standard InChI is InChI=1S/C12H9F3N4O3/c13-12(14,15)6-2-1-3-7(4-6)16-11(22)19-10-17-8(20)5-9(21)18-10/h1-5H,(H4,16,17,18,19,20,21,22). The lowest BCUT2D eigenvalue weighted by Crippen LogP contribution is -2.23. The van der Waals surface area contributed by atoms with Gasteiger partial charge in [-0.05, 0) is 18.2 Å². The first-order valence-corrected chi connectivity index (χ1v) is 5.79. The molecule has 0 aliphatic carbocycles. The third-order valence-corrected chi connectivity index (χ3v) is 2.41. The summed E-state index contributed by atoms with van der Waals surface area (Å²) in [6, 6.07) is 3.85. The molecule has 0 radical (unpaired) electrons. The molecule has 0 saturated heterocycles. The van der Waals surface area contributed by atoms with Crippen molar-refractivity contribution in [3.8, 4) is 5.88 Å². The Morgan fingerprint density at radius 3 is 2.59 bits per heavy atom. The van der Waals surface area contributed by atoms with Crippen LogP contribution in [0.2, 0.25) is 0 Å². The fraction of sp³-hybridized carbons (Fsp3) is 0.0833. The zero-order valence-corrected chi connectivity index (χ0v) is 10.7. The van der Waals surface area contributed by atoms with Crippen LogP contribution in [0.25, 0.3) is 0 Å².